The van der Waals surface area contributed by atoms with Crippen LogP contribution in [0.4, 0.5) is 0 Å². The number of hydrogen-bond donors (Lipinski definition) is 2. The minimum absolute atomic E-state index is 0.251. The summed E-state index contributed by atoms with van der Waals surface area (Å²) in [6.45, 7) is 30.7. The summed E-state index contributed by atoms with van der Waals surface area (Å²) in [4.78, 5) is 0. The molecule has 0 saturated carbocycles. The fourth-order valence-electron chi connectivity index (χ4n) is 20.0. The molecule has 640 valence electrons. The molecule has 0 atom stereocenters. The Hall–Kier alpha value is -11.0. The smallest absolute Gasteiger partial charge is 0.214 e. The second kappa shape index (κ2) is 38.0. The number of phenolic OH excluding ortho intramolecular Hbond substituents is 2. The van der Waals surface area contributed by atoms with Gasteiger partial charge in [-0.25, -0.2) is 0 Å². The lowest BCUT2D eigenvalue weighted by Gasteiger charge is -2.34. The predicted molar refractivity (Wildman–Crippen MR) is 562 cm³/mol. The van der Waals surface area contributed by atoms with E-state index in [1.165, 1.54) is 189 Å². The van der Waals surface area contributed by atoms with Gasteiger partial charge in [0.2, 0.25) is 15.4 Å². The molecule has 4 aliphatic carbocycles. The van der Waals surface area contributed by atoms with Crippen LogP contribution in [0.5, 0.6) is 11.5 Å². The second-order valence-corrected chi connectivity index (χ2v) is 71.0. The molecule has 0 spiro atoms. The zero-order valence-electron chi connectivity index (χ0n) is 77.0. The lowest BCUT2D eigenvalue weighted by Crippen LogP contribution is -2.28. The molecule has 16 aromatic rings. The molecule has 0 amide bonds. The molecule has 0 radical (unpaired) electrons. The molecule has 128 heavy (non-hydrogen) atoms. The SMILES string of the molecule is Cc1ccc(C2(c3ccc(C(C)C)cc3)c3cc(Br)ccc3-c3ccc(Br)cc32)cc1.Cc1ccc(C2(c3ccc(C(C)C)cc3)c3cc(C)ccc3-c3ccc(C)cc32)cc1.Cc1ccc(C2(c3ccc(C)cc3)c3cc(C)ccc3-c3ccc(C)cc32)cc1.Cc1ccc2c(c1)C(c1ccc(O)cc1)(c1ccc(O)cc1)c1cc(C)ccc1-2.O=[Si]([SiH3])[SiH3].O=[Si]([SiH3])[SiH3]. The van der Waals surface area contributed by atoms with E-state index in [1.807, 2.05) is 24.3 Å². The molecule has 4 nitrogen and oxygen atoms in total. The highest BCUT2D eigenvalue weighted by molar-refractivity contribution is 9.10. The zero-order valence-corrected chi connectivity index (χ0v) is 90.1. The number of halogens is 2. The van der Waals surface area contributed by atoms with Gasteiger partial charge in [0.15, 0.2) is 0 Å². The molecule has 12 heteroatoms. The molecule has 0 saturated heterocycles. The van der Waals surface area contributed by atoms with Gasteiger partial charge >= 0.3 is 0 Å². The highest BCUT2D eigenvalue weighted by Gasteiger charge is 2.51. The summed E-state index contributed by atoms with van der Waals surface area (Å²) < 4.78 is 21.7. The lowest BCUT2D eigenvalue weighted by molar-refractivity contribution is 0.474. The molecule has 0 heterocycles. The number of hydrogen-bond acceptors (Lipinski definition) is 4. The molecule has 0 unspecified atom stereocenters. The quantitative estimate of drug-likeness (QED) is 0.134. The molecule has 0 aromatic heterocycles. The van der Waals surface area contributed by atoms with Crippen LogP contribution in [0.1, 0.15) is 195 Å². The number of benzene rings is 16. The van der Waals surface area contributed by atoms with Gasteiger partial charge in [-0.05, 0) is 274 Å². The fourth-order valence-corrected chi connectivity index (χ4v) is 20.7. The largest absolute Gasteiger partial charge is 0.508 e. The normalized spacial score (nSPS) is 13.5. The van der Waals surface area contributed by atoms with Crippen molar-refractivity contribution in [2.75, 3.05) is 0 Å². The van der Waals surface area contributed by atoms with E-state index in [4.69, 9.17) is 0 Å². The Morgan fingerprint density at radius 3 is 0.531 bits per heavy atom. The number of aromatic hydroxyl groups is 2. The van der Waals surface area contributed by atoms with Crippen LogP contribution in [-0.2, 0) is 30.6 Å². The van der Waals surface area contributed by atoms with E-state index in [-0.39, 0.29) is 27.7 Å². The van der Waals surface area contributed by atoms with Crippen LogP contribution >= 0.6 is 31.9 Å². The van der Waals surface area contributed by atoms with Gasteiger partial charge in [-0.1, -0.05) is 406 Å². The van der Waals surface area contributed by atoms with Crippen molar-refractivity contribution in [3.63, 3.8) is 0 Å². The van der Waals surface area contributed by atoms with Crippen LogP contribution in [0.3, 0.4) is 0 Å². The van der Waals surface area contributed by atoms with Crippen LogP contribution in [0, 0.1) is 69.2 Å². The Bertz CT molecular complexity index is 6120. The van der Waals surface area contributed by atoms with E-state index in [1.54, 1.807) is 24.3 Å². The van der Waals surface area contributed by atoms with Gasteiger partial charge in [-0.15, -0.1) is 0 Å². The summed E-state index contributed by atoms with van der Waals surface area (Å²) in [6, 6.07) is 125. The molecule has 0 fully saturated rings. The zero-order chi connectivity index (χ0) is 91.0. The van der Waals surface area contributed by atoms with Gasteiger partial charge in [-0.3, -0.25) is 0 Å². The van der Waals surface area contributed by atoms with Crippen molar-refractivity contribution in [2.24, 2.45) is 0 Å². The maximum atomic E-state index is 9.94. The Labute approximate surface area is 789 Å². The average Bonchev–Trinajstić information content (AvgIpc) is 1.56. The first-order valence-electron chi connectivity index (χ1n) is 44.6. The van der Waals surface area contributed by atoms with E-state index in [2.05, 4.69) is 420 Å². The Morgan fingerprint density at radius 1 is 0.219 bits per heavy atom. The van der Waals surface area contributed by atoms with E-state index in [0.717, 1.165) is 59.1 Å². The van der Waals surface area contributed by atoms with Gasteiger partial charge in [0.1, 0.15) is 11.5 Å². The Kier molecular flexibility index (Phi) is 27.2. The average molecular weight is 1900 g/mol. The van der Waals surface area contributed by atoms with E-state index in [9.17, 15) is 19.1 Å². The molecule has 2 N–H and O–H groups in total. The fraction of sp³-hybridized carbons (Fsp3) is 0.172. The van der Waals surface area contributed by atoms with Crippen LogP contribution in [0.25, 0.3) is 44.5 Å². The third-order valence-electron chi connectivity index (χ3n) is 26.0. The molecule has 0 aliphatic heterocycles. The first kappa shape index (κ1) is 91.7. The maximum Gasteiger partial charge on any atom is 0.214 e. The second-order valence-electron chi connectivity index (χ2n) is 36.6. The van der Waals surface area contributed by atoms with Crippen LogP contribution in [-0.4, -0.2) is 64.7 Å². The molecular formula is C116H114Br2O4Si6. The van der Waals surface area contributed by atoms with Crippen molar-refractivity contribution in [3.8, 4) is 56.0 Å². The van der Waals surface area contributed by atoms with E-state index in [0.29, 0.717) is 11.8 Å². The third-order valence-corrected chi connectivity index (χ3v) is 27.0. The maximum absolute atomic E-state index is 9.94. The molecular weight excluding hydrogens is 1790 g/mol. The highest BCUT2D eigenvalue weighted by Crippen LogP contribution is 2.62. The first-order valence-corrected chi connectivity index (χ1v) is 63.0. The summed E-state index contributed by atoms with van der Waals surface area (Å²) in [5, 5.41) is 19.9. The van der Waals surface area contributed by atoms with Crippen LogP contribution < -0.4 is 0 Å². The van der Waals surface area contributed by atoms with Crippen LogP contribution in [0.2, 0.25) is 0 Å². The minimum atomic E-state index is -0.852. The molecule has 4 aliphatic rings. The van der Waals surface area contributed by atoms with Crippen LogP contribution in [0.15, 0.2) is 349 Å². The van der Waals surface area contributed by atoms with Gasteiger partial charge in [0.05, 0.1) is 60.7 Å². The van der Waals surface area contributed by atoms with Gasteiger partial charge in [0, 0.05) is 8.95 Å². The van der Waals surface area contributed by atoms with Crippen molar-refractivity contribution in [2.45, 2.75) is 130 Å². The van der Waals surface area contributed by atoms with E-state index >= 15 is 0 Å². The summed E-state index contributed by atoms with van der Waals surface area (Å²) in [6.07, 6.45) is 0. The predicted octanol–water partition coefficient (Wildman–Crippen LogP) is 24.7. The monoisotopic (exact) mass is 1900 g/mol. The van der Waals surface area contributed by atoms with Crippen molar-refractivity contribution >= 4 is 86.3 Å². The molecule has 20 rings (SSSR count). The van der Waals surface area contributed by atoms with Crippen molar-refractivity contribution in [3.05, 3.63) is 504 Å². The van der Waals surface area contributed by atoms with Gasteiger partial charge < -0.3 is 19.1 Å². The summed E-state index contributed by atoms with van der Waals surface area (Å²) >= 11 is 7.51. The van der Waals surface area contributed by atoms with Crippen molar-refractivity contribution in [1.82, 2.24) is 0 Å². The summed E-state index contributed by atoms with van der Waals surface area (Å²) in [5.74, 6) is 1.54. The number of rotatable bonds is 10. The number of phenols is 2. The Morgan fingerprint density at radius 2 is 0.359 bits per heavy atom. The van der Waals surface area contributed by atoms with Gasteiger partial charge in [0.25, 0.3) is 0 Å². The first-order chi connectivity index (χ1) is 61.3. The number of aryl methyl sites for hydroxylation is 10. The summed E-state index contributed by atoms with van der Waals surface area (Å²) in [7, 11) is 2.12. The highest BCUT2D eigenvalue weighted by atomic mass is 79.9. The topological polar surface area (TPSA) is 74.6 Å². The lowest BCUT2D eigenvalue weighted by atomic mass is 9.67. The number of fused-ring (bicyclic) bond motifs is 12. The Balaban J connectivity index is 0.000000128. The van der Waals surface area contributed by atoms with Gasteiger partial charge in [-0.2, -0.15) is 0 Å². The van der Waals surface area contributed by atoms with Crippen molar-refractivity contribution < 1.29 is 19.1 Å². The van der Waals surface area contributed by atoms with E-state index < -0.39 is 20.9 Å². The minimum Gasteiger partial charge on any atom is -0.508 e. The van der Waals surface area contributed by atoms with Crippen molar-refractivity contribution in [1.29, 1.82) is 0 Å². The molecule has 16 aromatic carbocycles. The standard InChI is InChI=1S/C31H30.C29H24Br2.C29H26.C27H22O2.2H6OSi3/c1-20(2)24-10-14-26(15-11-24)31(25-12-6-21(3)7-13-25)29-18-22(4)8-16-27(29)28-17-9-23(5)19-30(28)31;1-18(2)20-6-10-22(11-7-20)29(21-8-4-19(3)5-9-21)27-16-23(30)12-14-25(27)26-15-13-24(31)17-28(26)29;1-19-5-11-23(12-6-19)29(24-13-7-20(2)8-14-24)27-17-21(3)9-15-25(27)26-16-10-22(4)18-28(26)29;1-17-3-13-23-24-14-4-18(2)16-26(24)27(25(23)15-17,19-5-9-21(28)10-6-19)20-7-11-22(29)12-8-20;2*1-4(2)3/h6-20H,1-5H3;4-18H,1-3H3;5-18H,1-4H3;3-16,28-29H,1-2H3;2*2-3H3. The molecule has 0 bridgehead atoms. The summed E-state index contributed by atoms with van der Waals surface area (Å²) in [5.41, 5.74) is 45.4. The third kappa shape index (κ3) is 17.4.